The second-order valence-electron chi connectivity index (χ2n) is 9.10. The van der Waals surface area contributed by atoms with Crippen LogP contribution in [-0.4, -0.2) is 50.0 Å². The van der Waals surface area contributed by atoms with Crippen LogP contribution in [0.1, 0.15) is 31.7 Å². The van der Waals surface area contributed by atoms with Crippen molar-refractivity contribution >= 4 is 45.7 Å². The Bertz CT molecular complexity index is 1380. The zero-order valence-electron chi connectivity index (χ0n) is 22.6. The summed E-state index contributed by atoms with van der Waals surface area (Å²) in [5, 5.41) is 8.20. The number of nitrogens with zero attached hydrogens (tertiary/aromatic N) is 1. The van der Waals surface area contributed by atoms with Gasteiger partial charge in [0, 0.05) is 29.2 Å². The number of carbonyl (C=O) groups is 3. The summed E-state index contributed by atoms with van der Waals surface area (Å²) in [5.41, 5.74) is 1.69. The Kier molecular flexibility index (Phi) is 11.3. The fraction of sp³-hybridized carbons (Fsp3) is 0.250. The number of ether oxygens (including phenoxy) is 3. The summed E-state index contributed by atoms with van der Waals surface area (Å²) in [5.74, 6) is -1.35. The van der Waals surface area contributed by atoms with Crippen LogP contribution in [0, 0.1) is 0 Å². The number of epoxide rings is 1. The molecule has 8 heteroatoms. The predicted octanol–water partition coefficient (Wildman–Crippen LogP) is 5.83. The van der Waals surface area contributed by atoms with Crippen LogP contribution < -0.4 is 0 Å². The molecule has 1 aliphatic heterocycles. The SMILES string of the molecule is C=C(C)C(=O)ON=Cc1c2ccccc2cc2ccccc12.C=CC(=O)OCCCCOC(=O)C(=C)CC1CO1. The normalized spacial score (nSPS) is 13.7. The van der Waals surface area contributed by atoms with E-state index in [9.17, 15) is 14.4 Å². The van der Waals surface area contributed by atoms with Crippen LogP contribution in [0.15, 0.2) is 96.7 Å². The highest BCUT2D eigenvalue weighted by Crippen LogP contribution is 2.27. The zero-order chi connectivity index (χ0) is 28.9. The van der Waals surface area contributed by atoms with Crippen LogP contribution in [0.3, 0.4) is 0 Å². The largest absolute Gasteiger partial charge is 0.463 e. The standard InChI is InChI=1S/C19H15NO2.C13H18O5/c1-13(2)19(21)22-20-12-18-16-9-5-3-7-14(16)11-15-8-4-6-10-17(15)18;1-3-12(14)16-6-4-5-7-17-13(15)10(2)8-11-9-18-11/h3-12H,1H2,2H3;3,11H,1-2,4-9H2. The summed E-state index contributed by atoms with van der Waals surface area (Å²) in [7, 11) is 0. The van der Waals surface area contributed by atoms with Gasteiger partial charge in [-0.1, -0.05) is 73.4 Å². The molecule has 1 fully saturated rings. The maximum Gasteiger partial charge on any atom is 0.360 e. The summed E-state index contributed by atoms with van der Waals surface area (Å²) < 4.78 is 14.8. The van der Waals surface area contributed by atoms with Crippen molar-refractivity contribution in [1.82, 2.24) is 0 Å². The molecule has 0 aliphatic carbocycles. The van der Waals surface area contributed by atoms with Gasteiger partial charge in [-0.05, 0) is 47.4 Å². The summed E-state index contributed by atoms with van der Waals surface area (Å²) in [4.78, 5) is 38.4. The van der Waals surface area contributed by atoms with Crippen LogP contribution in [0.25, 0.3) is 21.5 Å². The maximum absolute atomic E-state index is 11.4. The molecule has 0 spiro atoms. The van der Waals surface area contributed by atoms with E-state index in [1.165, 1.54) is 0 Å². The topological polar surface area (TPSA) is 104 Å². The highest BCUT2D eigenvalue weighted by Gasteiger charge is 2.25. The summed E-state index contributed by atoms with van der Waals surface area (Å²) in [6.45, 7) is 13.4. The molecule has 0 amide bonds. The van der Waals surface area contributed by atoms with Crippen LogP contribution in [0.5, 0.6) is 0 Å². The van der Waals surface area contributed by atoms with Gasteiger partial charge in [0.05, 0.1) is 32.1 Å². The maximum atomic E-state index is 11.4. The van der Waals surface area contributed by atoms with Gasteiger partial charge in [0.2, 0.25) is 0 Å². The van der Waals surface area contributed by atoms with E-state index in [2.05, 4.69) is 43.1 Å². The number of benzene rings is 3. The van der Waals surface area contributed by atoms with Crippen molar-refractivity contribution in [3.05, 3.63) is 97.1 Å². The Morgan fingerprint density at radius 2 is 1.52 bits per heavy atom. The molecule has 1 heterocycles. The van der Waals surface area contributed by atoms with E-state index in [1.54, 1.807) is 13.1 Å². The molecule has 0 aromatic heterocycles. The van der Waals surface area contributed by atoms with E-state index >= 15 is 0 Å². The van der Waals surface area contributed by atoms with Crippen molar-refractivity contribution in [2.24, 2.45) is 5.16 Å². The minimum Gasteiger partial charge on any atom is -0.463 e. The number of carbonyl (C=O) groups excluding carboxylic acids is 3. The molecule has 40 heavy (non-hydrogen) atoms. The monoisotopic (exact) mass is 543 g/mol. The predicted molar refractivity (Wildman–Crippen MR) is 155 cm³/mol. The average molecular weight is 544 g/mol. The Morgan fingerprint density at radius 3 is 2.08 bits per heavy atom. The number of hydrogen-bond donors (Lipinski definition) is 0. The molecule has 1 atom stereocenters. The molecule has 1 saturated heterocycles. The van der Waals surface area contributed by atoms with Gasteiger partial charge in [0.1, 0.15) is 0 Å². The molecule has 208 valence electrons. The van der Waals surface area contributed by atoms with Gasteiger partial charge in [-0.2, -0.15) is 0 Å². The number of rotatable bonds is 12. The van der Waals surface area contributed by atoms with Crippen LogP contribution in [0.2, 0.25) is 0 Å². The molecule has 8 nitrogen and oxygen atoms in total. The molecular formula is C32H33NO7. The van der Waals surface area contributed by atoms with E-state index in [-0.39, 0.29) is 12.1 Å². The summed E-state index contributed by atoms with van der Waals surface area (Å²) in [6.07, 6.45) is 4.67. The fourth-order valence-electron chi connectivity index (χ4n) is 3.64. The van der Waals surface area contributed by atoms with E-state index in [4.69, 9.17) is 19.0 Å². The molecule has 0 bridgehead atoms. The van der Waals surface area contributed by atoms with Crippen LogP contribution in [-0.2, 0) is 33.4 Å². The lowest BCUT2D eigenvalue weighted by Crippen LogP contribution is -2.10. The Balaban J connectivity index is 0.000000226. The van der Waals surface area contributed by atoms with Crippen molar-refractivity contribution < 1.29 is 33.4 Å². The van der Waals surface area contributed by atoms with Gasteiger partial charge >= 0.3 is 17.9 Å². The van der Waals surface area contributed by atoms with Gasteiger partial charge in [0.15, 0.2) is 0 Å². The number of hydrogen-bond acceptors (Lipinski definition) is 8. The number of unbranched alkanes of at least 4 members (excludes halogenated alkanes) is 1. The van der Waals surface area contributed by atoms with Gasteiger partial charge in [0.25, 0.3) is 0 Å². The van der Waals surface area contributed by atoms with E-state index in [0.29, 0.717) is 50.2 Å². The van der Waals surface area contributed by atoms with Crippen LogP contribution in [0.4, 0.5) is 0 Å². The first kappa shape index (κ1) is 30.0. The fourth-order valence-corrected chi connectivity index (χ4v) is 3.64. The minimum atomic E-state index is -0.527. The van der Waals surface area contributed by atoms with E-state index in [0.717, 1.165) is 33.2 Å². The Labute approximate surface area is 233 Å². The second-order valence-corrected chi connectivity index (χ2v) is 9.10. The van der Waals surface area contributed by atoms with E-state index < -0.39 is 11.9 Å². The quantitative estimate of drug-likeness (QED) is 0.0414. The van der Waals surface area contributed by atoms with Crippen molar-refractivity contribution in [1.29, 1.82) is 0 Å². The molecule has 3 aromatic rings. The Hall–Kier alpha value is -4.56. The summed E-state index contributed by atoms with van der Waals surface area (Å²) >= 11 is 0. The molecule has 1 unspecified atom stereocenters. The van der Waals surface area contributed by atoms with E-state index in [1.807, 2.05) is 36.4 Å². The first-order valence-electron chi connectivity index (χ1n) is 12.9. The Morgan fingerprint density at radius 1 is 0.950 bits per heavy atom. The lowest BCUT2D eigenvalue weighted by atomic mass is 9.97. The first-order chi connectivity index (χ1) is 19.3. The number of oxime groups is 1. The van der Waals surface area contributed by atoms with Gasteiger partial charge in [-0.15, -0.1) is 0 Å². The molecule has 0 N–H and O–H groups in total. The van der Waals surface area contributed by atoms with Gasteiger partial charge in [-0.3, -0.25) is 0 Å². The van der Waals surface area contributed by atoms with Crippen molar-refractivity contribution in [3.63, 3.8) is 0 Å². The molecule has 0 saturated carbocycles. The second kappa shape index (κ2) is 15.1. The lowest BCUT2D eigenvalue weighted by Gasteiger charge is -2.07. The average Bonchev–Trinajstić information content (AvgIpc) is 3.78. The lowest BCUT2D eigenvalue weighted by molar-refractivity contribution is -0.141. The van der Waals surface area contributed by atoms with Gasteiger partial charge in [-0.25, -0.2) is 14.4 Å². The molecule has 0 radical (unpaired) electrons. The molecule has 4 rings (SSSR count). The van der Waals surface area contributed by atoms with Crippen molar-refractivity contribution in [2.45, 2.75) is 32.3 Å². The third-order valence-corrected chi connectivity index (χ3v) is 5.83. The van der Waals surface area contributed by atoms with Crippen molar-refractivity contribution in [3.8, 4) is 0 Å². The minimum absolute atomic E-state index is 0.142. The molecule has 3 aromatic carbocycles. The number of esters is 2. The van der Waals surface area contributed by atoms with Crippen LogP contribution >= 0.6 is 0 Å². The highest BCUT2D eigenvalue weighted by atomic mass is 16.7. The summed E-state index contributed by atoms with van der Waals surface area (Å²) in [6, 6.07) is 18.3. The molecule has 1 aliphatic rings. The third kappa shape index (κ3) is 9.32. The third-order valence-electron chi connectivity index (χ3n) is 5.83. The molecular weight excluding hydrogens is 510 g/mol. The smallest absolute Gasteiger partial charge is 0.360 e. The zero-order valence-corrected chi connectivity index (χ0v) is 22.6. The first-order valence-corrected chi connectivity index (χ1v) is 12.9. The van der Waals surface area contributed by atoms with Crippen molar-refractivity contribution in [2.75, 3.05) is 19.8 Å². The number of fused-ring (bicyclic) bond motifs is 2. The highest BCUT2D eigenvalue weighted by molar-refractivity contribution is 6.13. The van der Waals surface area contributed by atoms with Gasteiger partial charge < -0.3 is 19.0 Å².